The number of nitrogens with zero attached hydrogens (tertiary/aromatic N) is 1. The fourth-order valence-corrected chi connectivity index (χ4v) is 1.98. The summed E-state index contributed by atoms with van der Waals surface area (Å²) < 4.78 is 0. The minimum atomic E-state index is -0.539. The summed E-state index contributed by atoms with van der Waals surface area (Å²) in [4.78, 5) is 12.2. The SMILES string of the molecule is Cc1ccc(Cl)c(NC(=O)/C(C#N)=C/c2ccc(O)cc2)c1. The highest BCUT2D eigenvalue weighted by atomic mass is 35.5. The Kier molecular flexibility index (Phi) is 4.82. The second-order valence-corrected chi connectivity index (χ2v) is 5.11. The van der Waals surface area contributed by atoms with Gasteiger partial charge in [-0.3, -0.25) is 4.79 Å². The number of hydrogen-bond acceptors (Lipinski definition) is 3. The van der Waals surface area contributed by atoms with E-state index in [1.54, 1.807) is 24.3 Å². The Labute approximate surface area is 133 Å². The van der Waals surface area contributed by atoms with Gasteiger partial charge in [-0.2, -0.15) is 5.26 Å². The van der Waals surface area contributed by atoms with Crippen LogP contribution in [0.5, 0.6) is 5.75 Å². The number of nitriles is 1. The number of aryl methyl sites for hydroxylation is 1. The molecule has 0 aliphatic heterocycles. The molecule has 0 unspecified atom stereocenters. The van der Waals surface area contributed by atoms with Crippen LogP contribution in [0, 0.1) is 18.3 Å². The molecule has 0 aliphatic carbocycles. The molecule has 0 saturated heterocycles. The van der Waals surface area contributed by atoms with Crippen LogP contribution >= 0.6 is 11.6 Å². The van der Waals surface area contributed by atoms with E-state index >= 15 is 0 Å². The van der Waals surface area contributed by atoms with Gasteiger partial charge in [0.25, 0.3) is 5.91 Å². The molecule has 0 aliphatic rings. The van der Waals surface area contributed by atoms with E-state index in [9.17, 15) is 9.90 Å². The first-order valence-corrected chi connectivity index (χ1v) is 6.86. The first-order chi connectivity index (χ1) is 10.5. The third-order valence-corrected chi connectivity index (χ3v) is 3.27. The number of benzene rings is 2. The first kappa shape index (κ1) is 15.6. The lowest BCUT2D eigenvalue weighted by Gasteiger charge is -2.07. The molecular weight excluding hydrogens is 300 g/mol. The highest BCUT2D eigenvalue weighted by molar-refractivity contribution is 6.34. The summed E-state index contributed by atoms with van der Waals surface area (Å²) in [5.41, 5.74) is 1.99. The van der Waals surface area contributed by atoms with Gasteiger partial charge >= 0.3 is 0 Å². The predicted molar refractivity (Wildman–Crippen MR) is 86.5 cm³/mol. The Morgan fingerprint density at radius 3 is 2.59 bits per heavy atom. The van der Waals surface area contributed by atoms with Crippen LogP contribution in [0.1, 0.15) is 11.1 Å². The van der Waals surface area contributed by atoms with Crippen LogP contribution in [0.3, 0.4) is 0 Å². The number of nitrogens with one attached hydrogen (secondary N) is 1. The van der Waals surface area contributed by atoms with Crippen LogP contribution in [0.15, 0.2) is 48.0 Å². The van der Waals surface area contributed by atoms with Crippen molar-refractivity contribution in [3.63, 3.8) is 0 Å². The average molecular weight is 313 g/mol. The minimum Gasteiger partial charge on any atom is -0.508 e. The maximum absolute atomic E-state index is 12.2. The Balaban J connectivity index is 2.24. The number of rotatable bonds is 3. The fourth-order valence-electron chi connectivity index (χ4n) is 1.81. The highest BCUT2D eigenvalue weighted by Crippen LogP contribution is 2.23. The molecule has 0 radical (unpaired) electrons. The van der Waals surface area contributed by atoms with Crippen molar-refractivity contribution in [2.24, 2.45) is 0 Å². The molecule has 0 saturated carbocycles. The van der Waals surface area contributed by atoms with E-state index in [0.29, 0.717) is 16.3 Å². The Morgan fingerprint density at radius 1 is 1.27 bits per heavy atom. The monoisotopic (exact) mass is 312 g/mol. The summed E-state index contributed by atoms with van der Waals surface area (Å²) in [5.74, 6) is -0.422. The summed E-state index contributed by atoms with van der Waals surface area (Å²) in [5, 5.41) is 21.4. The van der Waals surface area contributed by atoms with Gasteiger partial charge in [-0.1, -0.05) is 29.8 Å². The largest absolute Gasteiger partial charge is 0.508 e. The Morgan fingerprint density at radius 2 is 1.95 bits per heavy atom. The van der Waals surface area contributed by atoms with Gasteiger partial charge in [0.05, 0.1) is 10.7 Å². The summed E-state index contributed by atoms with van der Waals surface area (Å²) in [6, 6.07) is 13.3. The maximum atomic E-state index is 12.2. The molecule has 5 heteroatoms. The Hall–Kier alpha value is -2.77. The molecule has 22 heavy (non-hydrogen) atoms. The first-order valence-electron chi connectivity index (χ1n) is 6.48. The number of anilines is 1. The van der Waals surface area contributed by atoms with Crippen LogP contribution in [0.25, 0.3) is 6.08 Å². The number of hydrogen-bond donors (Lipinski definition) is 2. The zero-order chi connectivity index (χ0) is 16.1. The number of halogens is 1. The second kappa shape index (κ2) is 6.79. The van der Waals surface area contributed by atoms with Crippen molar-refractivity contribution in [3.05, 3.63) is 64.2 Å². The molecule has 110 valence electrons. The van der Waals surface area contributed by atoms with E-state index in [4.69, 9.17) is 16.9 Å². The molecule has 0 fully saturated rings. The summed E-state index contributed by atoms with van der Waals surface area (Å²) in [6.45, 7) is 1.88. The summed E-state index contributed by atoms with van der Waals surface area (Å²) in [6.07, 6.45) is 1.44. The van der Waals surface area contributed by atoms with Gasteiger partial charge in [0, 0.05) is 0 Å². The summed E-state index contributed by atoms with van der Waals surface area (Å²) in [7, 11) is 0. The number of phenolic OH excluding ortho intramolecular Hbond substituents is 1. The third-order valence-electron chi connectivity index (χ3n) is 2.94. The molecule has 0 aromatic heterocycles. The number of amides is 1. The minimum absolute atomic E-state index is 0.0525. The molecule has 4 nitrogen and oxygen atoms in total. The van der Waals surface area contributed by atoms with Crippen molar-refractivity contribution in [1.82, 2.24) is 0 Å². The van der Waals surface area contributed by atoms with Crippen molar-refractivity contribution in [2.45, 2.75) is 6.92 Å². The van der Waals surface area contributed by atoms with Crippen molar-refractivity contribution in [3.8, 4) is 11.8 Å². The van der Waals surface area contributed by atoms with Crippen LogP contribution < -0.4 is 5.32 Å². The fraction of sp³-hybridized carbons (Fsp3) is 0.0588. The van der Waals surface area contributed by atoms with E-state index in [-0.39, 0.29) is 11.3 Å². The molecule has 0 bridgehead atoms. The van der Waals surface area contributed by atoms with Crippen molar-refractivity contribution in [2.75, 3.05) is 5.32 Å². The van der Waals surface area contributed by atoms with Crippen LogP contribution in [-0.2, 0) is 4.79 Å². The van der Waals surface area contributed by atoms with Gasteiger partial charge in [-0.25, -0.2) is 0 Å². The molecule has 2 aromatic carbocycles. The second-order valence-electron chi connectivity index (χ2n) is 4.70. The van der Waals surface area contributed by atoms with E-state index in [0.717, 1.165) is 5.56 Å². The lowest BCUT2D eigenvalue weighted by Crippen LogP contribution is -2.13. The van der Waals surface area contributed by atoms with Gasteiger partial charge < -0.3 is 10.4 Å². The van der Waals surface area contributed by atoms with Gasteiger partial charge in [0.15, 0.2) is 0 Å². The van der Waals surface area contributed by atoms with E-state index in [2.05, 4.69) is 5.32 Å². The summed E-state index contributed by atoms with van der Waals surface area (Å²) >= 11 is 6.02. The number of carbonyl (C=O) groups excluding carboxylic acids is 1. The van der Waals surface area contributed by atoms with E-state index < -0.39 is 5.91 Å². The lowest BCUT2D eigenvalue weighted by molar-refractivity contribution is -0.112. The maximum Gasteiger partial charge on any atom is 0.266 e. The van der Waals surface area contributed by atoms with Crippen LogP contribution in [0.4, 0.5) is 5.69 Å². The van der Waals surface area contributed by atoms with Crippen molar-refractivity contribution >= 4 is 29.3 Å². The van der Waals surface area contributed by atoms with Crippen LogP contribution in [0.2, 0.25) is 5.02 Å². The van der Waals surface area contributed by atoms with Gasteiger partial charge in [-0.05, 0) is 48.4 Å². The number of phenols is 1. The van der Waals surface area contributed by atoms with E-state index in [1.807, 2.05) is 19.1 Å². The molecule has 0 heterocycles. The van der Waals surface area contributed by atoms with Crippen molar-refractivity contribution < 1.29 is 9.90 Å². The molecule has 0 spiro atoms. The van der Waals surface area contributed by atoms with Gasteiger partial charge in [-0.15, -0.1) is 0 Å². The molecule has 2 aromatic rings. The van der Waals surface area contributed by atoms with Crippen LogP contribution in [-0.4, -0.2) is 11.0 Å². The number of aromatic hydroxyl groups is 1. The number of carbonyl (C=O) groups is 1. The lowest BCUT2D eigenvalue weighted by atomic mass is 10.1. The van der Waals surface area contributed by atoms with E-state index in [1.165, 1.54) is 18.2 Å². The third kappa shape index (κ3) is 3.87. The molecule has 1 amide bonds. The molecule has 2 rings (SSSR count). The molecular formula is C17H13ClN2O2. The smallest absolute Gasteiger partial charge is 0.266 e. The van der Waals surface area contributed by atoms with Crippen molar-refractivity contribution in [1.29, 1.82) is 5.26 Å². The Bertz CT molecular complexity index is 774. The average Bonchev–Trinajstić information content (AvgIpc) is 2.50. The van der Waals surface area contributed by atoms with Gasteiger partial charge in [0.1, 0.15) is 17.4 Å². The zero-order valence-corrected chi connectivity index (χ0v) is 12.6. The zero-order valence-electron chi connectivity index (χ0n) is 11.8. The normalized spacial score (nSPS) is 10.9. The molecule has 0 atom stereocenters. The quantitative estimate of drug-likeness (QED) is 0.667. The topological polar surface area (TPSA) is 73.1 Å². The highest BCUT2D eigenvalue weighted by Gasteiger charge is 2.11. The van der Waals surface area contributed by atoms with Gasteiger partial charge in [0.2, 0.25) is 0 Å². The predicted octanol–water partition coefficient (Wildman–Crippen LogP) is 3.90. The molecule has 2 N–H and O–H groups in total. The standard InChI is InChI=1S/C17H13ClN2O2/c1-11-2-7-15(18)16(8-11)20-17(22)13(10-19)9-12-3-5-14(21)6-4-12/h2-9,21H,1H3,(H,20,22)/b13-9+.